The first-order valence-electron chi connectivity index (χ1n) is 5.49. The first-order valence-corrected chi connectivity index (χ1v) is 5.49. The molecular formula is C12H14O3. The van der Waals surface area contributed by atoms with Crippen LogP contribution in [0.25, 0.3) is 0 Å². The van der Waals surface area contributed by atoms with Gasteiger partial charge in [-0.3, -0.25) is 0 Å². The number of rotatable bonds is 1. The van der Waals surface area contributed by atoms with E-state index in [1.165, 1.54) is 11.1 Å². The van der Waals surface area contributed by atoms with Crippen molar-refractivity contribution in [3.63, 3.8) is 0 Å². The minimum atomic E-state index is -0.787. The predicted molar refractivity (Wildman–Crippen MR) is 54.2 cm³/mol. The molecule has 15 heavy (non-hydrogen) atoms. The number of carboxylic acid groups (broad SMARTS) is 1. The van der Waals surface area contributed by atoms with Crippen molar-refractivity contribution in [2.75, 3.05) is 0 Å². The first kappa shape index (κ1) is 9.16. The molecule has 3 rings (SSSR count). The standard InChI is InChI=1S/C12H14O3/c13-11-5-7-4-10(11)8-2-1-6(12(14)15)3-9(7)8/h1,7,10-11,13H,2-5H2,(H,14,15)/t7-,10-,11-/m1/s1. The van der Waals surface area contributed by atoms with Crippen LogP contribution < -0.4 is 0 Å². The molecule has 0 spiro atoms. The van der Waals surface area contributed by atoms with E-state index in [-0.39, 0.29) is 6.10 Å². The Labute approximate surface area is 88.1 Å². The van der Waals surface area contributed by atoms with Gasteiger partial charge in [-0.25, -0.2) is 4.79 Å². The molecule has 0 aromatic heterocycles. The number of allylic oxidation sites excluding steroid dienone is 2. The molecule has 0 aromatic rings. The van der Waals surface area contributed by atoms with E-state index in [2.05, 4.69) is 0 Å². The Morgan fingerprint density at radius 2 is 2.13 bits per heavy atom. The Morgan fingerprint density at radius 1 is 1.33 bits per heavy atom. The van der Waals surface area contributed by atoms with Gasteiger partial charge in [0.15, 0.2) is 0 Å². The van der Waals surface area contributed by atoms with Crippen LogP contribution in [0.1, 0.15) is 25.7 Å². The molecule has 0 radical (unpaired) electrons. The van der Waals surface area contributed by atoms with Crippen LogP contribution in [-0.4, -0.2) is 22.3 Å². The van der Waals surface area contributed by atoms with E-state index in [9.17, 15) is 9.90 Å². The van der Waals surface area contributed by atoms with Gasteiger partial charge in [-0.2, -0.15) is 0 Å². The summed E-state index contributed by atoms with van der Waals surface area (Å²) in [5.41, 5.74) is 3.20. The monoisotopic (exact) mass is 206 g/mol. The van der Waals surface area contributed by atoms with Crippen molar-refractivity contribution < 1.29 is 15.0 Å². The lowest BCUT2D eigenvalue weighted by atomic mass is 9.81. The summed E-state index contributed by atoms with van der Waals surface area (Å²) in [6.07, 6.45) is 4.89. The number of carboxylic acids is 1. The van der Waals surface area contributed by atoms with Gasteiger partial charge >= 0.3 is 5.97 Å². The van der Waals surface area contributed by atoms with Crippen LogP contribution in [0.2, 0.25) is 0 Å². The second-order valence-corrected chi connectivity index (χ2v) is 4.81. The highest BCUT2D eigenvalue weighted by Gasteiger charge is 2.45. The molecule has 3 nitrogen and oxygen atoms in total. The zero-order valence-corrected chi connectivity index (χ0v) is 8.44. The van der Waals surface area contributed by atoms with Crippen LogP contribution in [-0.2, 0) is 4.79 Å². The average Bonchev–Trinajstić information content (AvgIpc) is 2.74. The first-order chi connectivity index (χ1) is 7.16. The number of carbonyl (C=O) groups is 1. The van der Waals surface area contributed by atoms with E-state index in [0.717, 1.165) is 19.3 Å². The molecule has 0 unspecified atom stereocenters. The normalized spacial score (nSPS) is 37.9. The van der Waals surface area contributed by atoms with E-state index >= 15 is 0 Å². The molecule has 0 aromatic carbocycles. The SMILES string of the molecule is O=C(O)C1=CCC2=C(C1)[C@H]1C[C@@H](O)[C@@H]2C1. The summed E-state index contributed by atoms with van der Waals surface area (Å²) < 4.78 is 0. The molecule has 3 heteroatoms. The second-order valence-electron chi connectivity index (χ2n) is 4.81. The van der Waals surface area contributed by atoms with Gasteiger partial charge in [0.25, 0.3) is 0 Å². The van der Waals surface area contributed by atoms with Crippen LogP contribution >= 0.6 is 0 Å². The fraction of sp³-hybridized carbons (Fsp3) is 0.583. The van der Waals surface area contributed by atoms with Crippen molar-refractivity contribution in [3.05, 3.63) is 22.8 Å². The maximum atomic E-state index is 10.9. The van der Waals surface area contributed by atoms with Gasteiger partial charge in [0.2, 0.25) is 0 Å². The molecule has 0 saturated heterocycles. The predicted octanol–water partition coefficient (Wildman–Crippen LogP) is 1.49. The Hall–Kier alpha value is -1.09. The van der Waals surface area contributed by atoms with Gasteiger partial charge in [0, 0.05) is 17.9 Å². The fourth-order valence-corrected chi connectivity index (χ4v) is 3.39. The average molecular weight is 206 g/mol. The van der Waals surface area contributed by atoms with E-state index in [1.54, 1.807) is 0 Å². The highest BCUT2D eigenvalue weighted by molar-refractivity contribution is 5.87. The summed E-state index contributed by atoms with van der Waals surface area (Å²) in [5.74, 6) is 0.00418. The van der Waals surface area contributed by atoms with E-state index < -0.39 is 5.97 Å². The van der Waals surface area contributed by atoms with Crippen molar-refractivity contribution in [2.45, 2.75) is 31.8 Å². The van der Waals surface area contributed by atoms with E-state index in [1.807, 2.05) is 6.08 Å². The second kappa shape index (κ2) is 2.95. The minimum absolute atomic E-state index is 0.173. The number of aliphatic hydroxyl groups is 1. The Kier molecular flexibility index (Phi) is 1.80. The zero-order valence-electron chi connectivity index (χ0n) is 8.44. The molecule has 2 bridgehead atoms. The third-order valence-electron chi connectivity index (χ3n) is 4.11. The van der Waals surface area contributed by atoms with Crippen molar-refractivity contribution in [1.82, 2.24) is 0 Å². The Morgan fingerprint density at radius 3 is 2.87 bits per heavy atom. The van der Waals surface area contributed by atoms with Crippen LogP contribution in [0.3, 0.4) is 0 Å². The molecule has 1 saturated carbocycles. The highest BCUT2D eigenvalue weighted by atomic mass is 16.4. The summed E-state index contributed by atoms with van der Waals surface area (Å²) in [7, 11) is 0. The maximum absolute atomic E-state index is 10.9. The van der Waals surface area contributed by atoms with Gasteiger partial charge in [-0.1, -0.05) is 17.2 Å². The molecule has 1 fully saturated rings. The number of aliphatic carboxylic acids is 1. The van der Waals surface area contributed by atoms with Crippen molar-refractivity contribution in [2.24, 2.45) is 11.8 Å². The summed E-state index contributed by atoms with van der Waals surface area (Å²) in [6, 6.07) is 0. The molecule has 0 heterocycles. The van der Waals surface area contributed by atoms with Crippen molar-refractivity contribution in [3.8, 4) is 0 Å². The lowest BCUT2D eigenvalue weighted by molar-refractivity contribution is -0.132. The van der Waals surface area contributed by atoms with E-state index in [4.69, 9.17) is 5.11 Å². The third kappa shape index (κ3) is 1.19. The van der Waals surface area contributed by atoms with Gasteiger partial charge in [0.05, 0.1) is 6.10 Å². The molecular weight excluding hydrogens is 192 g/mol. The summed E-state index contributed by atoms with van der Waals surface area (Å²) in [4.78, 5) is 10.9. The molecule has 0 aliphatic heterocycles. The van der Waals surface area contributed by atoms with Gasteiger partial charge in [-0.05, 0) is 25.2 Å². The summed E-state index contributed by atoms with van der Waals surface area (Å²) in [6.45, 7) is 0. The molecule has 3 aliphatic rings. The molecule has 80 valence electrons. The van der Waals surface area contributed by atoms with Crippen molar-refractivity contribution >= 4 is 5.97 Å². The van der Waals surface area contributed by atoms with Crippen LogP contribution in [0.5, 0.6) is 0 Å². The fourth-order valence-electron chi connectivity index (χ4n) is 3.39. The molecule has 0 amide bonds. The largest absolute Gasteiger partial charge is 0.478 e. The quantitative estimate of drug-likeness (QED) is 0.639. The summed E-state index contributed by atoms with van der Waals surface area (Å²) in [5, 5.41) is 18.7. The maximum Gasteiger partial charge on any atom is 0.331 e. The Balaban J connectivity index is 1.89. The molecule has 3 aliphatic carbocycles. The van der Waals surface area contributed by atoms with Gasteiger partial charge < -0.3 is 10.2 Å². The zero-order chi connectivity index (χ0) is 10.6. The smallest absolute Gasteiger partial charge is 0.331 e. The van der Waals surface area contributed by atoms with Gasteiger partial charge in [0.1, 0.15) is 0 Å². The minimum Gasteiger partial charge on any atom is -0.478 e. The van der Waals surface area contributed by atoms with Crippen molar-refractivity contribution in [1.29, 1.82) is 0 Å². The third-order valence-corrected chi connectivity index (χ3v) is 4.11. The van der Waals surface area contributed by atoms with E-state index in [0.29, 0.717) is 23.8 Å². The van der Waals surface area contributed by atoms with Crippen LogP contribution in [0.15, 0.2) is 22.8 Å². The number of aliphatic hydroxyl groups excluding tert-OH is 1. The van der Waals surface area contributed by atoms with Gasteiger partial charge in [-0.15, -0.1) is 0 Å². The highest BCUT2D eigenvalue weighted by Crippen LogP contribution is 2.53. The number of hydrogen-bond donors (Lipinski definition) is 2. The van der Waals surface area contributed by atoms with Crippen LogP contribution in [0.4, 0.5) is 0 Å². The summed E-state index contributed by atoms with van der Waals surface area (Å²) >= 11 is 0. The molecule has 2 N–H and O–H groups in total. The lowest BCUT2D eigenvalue weighted by Crippen LogP contribution is -2.21. The lowest BCUT2D eigenvalue weighted by Gasteiger charge is -2.26. The topological polar surface area (TPSA) is 57.5 Å². The Bertz CT molecular complexity index is 392. The number of hydrogen-bond acceptors (Lipinski definition) is 2. The number of fused-ring (bicyclic) bond motifs is 4. The molecule has 3 atom stereocenters. The van der Waals surface area contributed by atoms with Crippen LogP contribution in [0, 0.1) is 11.8 Å².